The van der Waals surface area contributed by atoms with Crippen LogP contribution in [0.2, 0.25) is 0 Å². The van der Waals surface area contributed by atoms with Crippen molar-refractivity contribution in [2.75, 3.05) is 20.2 Å². The summed E-state index contributed by atoms with van der Waals surface area (Å²) in [6.45, 7) is 9.65. The number of rotatable bonds is 6. The molecule has 19 heavy (non-hydrogen) atoms. The van der Waals surface area contributed by atoms with E-state index >= 15 is 0 Å². The van der Waals surface area contributed by atoms with E-state index in [4.69, 9.17) is 10.00 Å². The van der Waals surface area contributed by atoms with E-state index in [0.717, 1.165) is 18.7 Å². The summed E-state index contributed by atoms with van der Waals surface area (Å²) in [5, 5.41) is 12.3. The molecule has 0 heterocycles. The minimum Gasteiger partial charge on any atom is -0.496 e. The average Bonchev–Trinajstić information content (AvgIpc) is 2.38. The summed E-state index contributed by atoms with van der Waals surface area (Å²) < 4.78 is 5.42. The highest BCUT2D eigenvalue weighted by molar-refractivity contribution is 5.41. The molecule has 0 radical (unpaired) electrons. The molecule has 0 atom stereocenters. The molecule has 0 amide bonds. The van der Waals surface area contributed by atoms with Crippen molar-refractivity contribution in [1.29, 1.82) is 5.26 Å². The van der Waals surface area contributed by atoms with Gasteiger partial charge in [0.25, 0.3) is 0 Å². The van der Waals surface area contributed by atoms with Crippen molar-refractivity contribution in [2.45, 2.75) is 34.1 Å². The van der Waals surface area contributed by atoms with Crippen LogP contribution in [0, 0.1) is 30.6 Å². The molecule has 0 unspecified atom stereocenters. The van der Waals surface area contributed by atoms with Gasteiger partial charge in [-0.2, -0.15) is 5.26 Å². The van der Waals surface area contributed by atoms with Crippen LogP contribution in [-0.2, 0) is 6.42 Å². The number of hydrogen-bond donors (Lipinski definition) is 1. The van der Waals surface area contributed by atoms with Crippen molar-refractivity contribution in [2.24, 2.45) is 5.41 Å². The number of nitrogens with zero attached hydrogens (tertiary/aromatic N) is 1. The third-order valence-electron chi connectivity index (χ3n) is 3.34. The fourth-order valence-corrected chi connectivity index (χ4v) is 1.90. The highest BCUT2D eigenvalue weighted by Crippen LogP contribution is 2.23. The molecule has 0 saturated carbocycles. The standard InChI is InChI=1S/C16H24N2O/c1-12-8-14(15(19-5)9-13(12)2)6-7-18-11-16(3,4)10-17/h8-9,18H,6-7,11H2,1-5H3. The zero-order chi connectivity index (χ0) is 14.5. The van der Waals surface area contributed by atoms with Gasteiger partial charge < -0.3 is 10.1 Å². The van der Waals surface area contributed by atoms with Crippen molar-refractivity contribution in [3.05, 3.63) is 28.8 Å². The van der Waals surface area contributed by atoms with Crippen molar-refractivity contribution in [3.8, 4) is 11.8 Å². The van der Waals surface area contributed by atoms with Gasteiger partial charge in [0.2, 0.25) is 0 Å². The Bertz CT molecular complexity index is 472. The molecule has 3 heteroatoms. The molecular formula is C16H24N2O. The summed E-state index contributed by atoms with van der Waals surface area (Å²) in [6.07, 6.45) is 0.909. The van der Waals surface area contributed by atoms with Crippen LogP contribution < -0.4 is 10.1 Å². The monoisotopic (exact) mass is 260 g/mol. The second-order valence-corrected chi connectivity index (χ2v) is 5.67. The normalized spacial score (nSPS) is 11.2. The Morgan fingerprint density at radius 1 is 1.26 bits per heavy atom. The van der Waals surface area contributed by atoms with Crippen molar-refractivity contribution in [1.82, 2.24) is 5.32 Å². The van der Waals surface area contributed by atoms with Crippen LogP contribution >= 0.6 is 0 Å². The second-order valence-electron chi connectivity index (χ2n) is 5.67. The molecule has 1 N–H and O–H groups in total. The smallest absolute Gasteiger partial charge is 0.122 e. The van der Waals surface area contributed by atoms with Crippen LogP contribution in [0.4, 0.5) is 0 Å². The molecule has 0 aliphatic rings. The van der Waals surface area contributed by atoms with E-state index in [1.807, 2.05) is 13.8 Å². The van der Waals surface area contributed by atoms with Crippen molar-refractivity contribution < 1.29 is 4.74 Å². The van der Waals surface area contributed by atoms with Gasteiger partial charge in [0, 0.05) is 6.54 Å². The van der Waals surface area contributed by atoms with Gasteiger partial charge in [-0.1, -0.05) is 6.07 Å². The molecular weight excluding hydrogens is 236 g/mol. The molecule has 0 spiro atoms. The van der Waals surface area contributed by atoms with Crippen LogP contribution in [-0.4, -0.2) is 20.2 Å². The van der Waals surface area contributed by atoms with Crippen LogP contribution in [0.25, 0.3) is 0 Å². The fourth-order valence-electron chi connectivity index (χ4n) is 1.90. The first-order valence-electron chi connectivity index (χ1n) is 6.65. The Labute approximate surface area is 116 Å². The lowest BCUT2D eigenvalue weighted by molar-refractivity contribution is 0.406. The summed E-state index contributed by atoms with van der Waals surface area (Å²) in [7, 11) is 1.71. The van der Waals surface area contributed by atoms with E-state index in [2.05, 4.69) is 37.4 Å². The first-order valence-corrected chi connectivity index (χ1v) is 6.65. The summed E-state index contributed by atoms with van der Waals surface area (Å²) >= 11 is 0. The lowest BCUT2D eigenvalue weighted by Gasteiger charge is -2.16. The van der Waals surface area contributed by atoms with Gasteiger partial charge in [0.05, 0.1) is 18.6 Å². The van der Waals surface area contributed by atoms with Crippen molar-refractivity contribution in [3.63, 3.8) is 0 Å². The Kier molecular flexibility index (Phi) is 5.38. The first-order chi connectivity index (χ1) is 8.89. The number of benzene rings is 1. The number of hydrogen-bond acceptors (Lipinski definition) is 3. The molecule has 104 valence electrons. The summed E-state index contributed by atoms with van der Waals surface area (Å²) in [5.74, 6) is 0.949. The largest absolute Gasteiger partial charge is 0.496 e. The molecule has 1 rings (SSSR count). The number of methoxy groups -OCH3 is 1. The van der Waals surface area contributed by atoms with Gasteiger partial charge >= 0.3 is 0 Å². The van der Waals surface area contributed by atoms with Crippen LogP contribution in [0.3, 0.4) is 0 Å². The number of ether oxygens (including phenoxy) is 1. The lowest BCUT2D eigenvalue weighted by atomic mass is 9.96. The molecule has 0 aliphatic heterocycles. The summed E-state index contributed by atoms with van der Waals surface area (Å²) in [6, 6.07) is 6.56. The number of nitriles is 1. The van der Waals surface area contributed by atoms with Crippen LogP contribution in [0.5, 0.6) is 5.75 Å². The van der Waals surface area contributed by atoms with Gasteiger partial charge in [0.15, 0.2) is 0 Å². The molecule has 0 fully saturated rings. The maximum Gasteiger partial charge on any atom is 0.122 e. The van der Waals surface area contributed by atoms with Gasteiger partial charge in [-0.3, -0.25) is 0 Å². The molecule has 0 saturated heterocycles. The maximum absolute atomic E-state index is 8.95. The predicted molar refractivity (Wildman–Crippen MR) is 78.4 cm³/mol. The molecule has 0 bridgehead atoms. The van der Waals surface area contributed by atoms with Gasteiger partial charge in [-0.15, -0.1) is 0 Å². The fraction of sp³-hybridized carbons (Fsp3) is 0.562. The third-order valence-corrected chi connectivity index (χ3v) is 3.34. The van der Waals surface area contributed by atoms with Gasteiger partial charge in [-0.25, -0.2) is 0 Å². The SMILES string of the molecule is COc1cc(C)c(C)cc1CCNCC(C)(C)C#N. The van der Waals surface area contributed by atoms with Crippen molar-refractivity contribution >= 4 is 0 Å². The predicted octanol–water partition coefficient (Wildman–Crippen LogP) is 2.99. The molecule has 1 aromatic carbocycles. The Balaban J connectivity index is 2.59. The van der Waals surface area contributed by atoms with Crippen LogP contribution in [0.15, 0.2) is 12.1 Å². The first kappa shape index (κ1) is 15.5. The van der Waals surface area contributed by atoms with Crippen LogP contribution in [0.1, 0.15) is 30.5 Å². The summed E-state index contributed by atoms with van der Waals surface area (Å²) in [5.41, 5.74) is 3.44. The van der Waals surface area contributed by atoms with E-state index in [9.17, 15) is 0 Å². The maximum atomic E-state index is 8.95. The second kappa shape index (κ2) is 6.58. The zero-order valence-electron chi connectivity index (χ0n) is 12.6. The molecule has 1 aromatic rings. The van der Waals surface area contributed by atoms with Gasteiger partial charge in [-0.05, 0) is 63.4 Å². The highest BCUT2D eigenvalue weighted by Gasteiger charge is 2.15. The molecule has 0 aliphatic carbocycles. The van der Waals surface area contributed by atoms with E-state index in [0.29, 0.717) is 6.54 Å². The number of nitrogens with one attached hydrogen (secondary N) is 1. The minimum absolute atomic E-state index is 0.312. The molecule has 0 aromatic heterocycles. The number of aryl methyl sites for hydroxylation is 2. The topological polar surface area (TPSA) is 45.0 Å². The third kappa shape index (κ3) is 4.57. The Morgan fingerprint density at radius 3 is 2.47 bits per heavy atom. The highest BCUT2D eigenvalue weighted by atomic mass is 16.5. The quantitative estimate of drug-likeness (QED) is 0.800. The Morgan fingerprint density at radius 2 is 1.89 bits per heavy atom. The lowest BCUT2D eigenvalue weighted by Crippen LogP contribution is -2.29. The Hall–Kier alpha value is -1.53. The zero-order valence-corrected chi connectivity index (χ0v) is 12.6. The van der Waals surface area contributed by atoms with E-state index < -0.39 is 0 Å². The van der Waals surface area contributed by atoms with Gasteiger partial charge in [0.1, 0.15) is 5.75 Å². The minimum atomic E-state index is -0.312. The van der Waals surface area contributed by atoms with E-state index in [1.54, 1.807) is 7.11 Å². The molecule has 3 nitrogen and oxygen atoms in total. The summed E-state index contributed by atoms with van der Waals surface area (Å²) in [4.78, 5) is 0. The average molecular weight is 260 g/mol. The van der Waals surface area contributed by atoms with E-state index in [1.165, 1.54) is 16.7 Å². The van der Waals surface area contributed by atoms with E-state index in [-0.39, 0.29) is 5.41 Å².